The fraction of sp³-hybridized carbons (Fsp3) is 0.615. The maximum absolute atomic E-state index is 11.7. The van der Waals surface area contributed by atoms with Crippen LogP contribution < -0.4 is 11.1 Å². The van der Waals surface area contributed by atoms with E-state index in [1.165, 1.54) is 18.4 Å². The molecule has 6 nitrogen and oxygen atoms in total. The molecule has 3 N–H and O–H groups in total. The van der Waals surface area contributed by atoms with Crippen molar-refractivity contribution in [3.05, 3.63) is 16.1 Å². The van der Waals surface area contributed by atoms with Gasteiger partial charge in [-0.25, -0.2) is 4.98 Å². The van der Waals surface area contributed by atoms with Crippen LogP contribution in [-0.4, -0.2) is 30.5 Å². The van der Waals surface area contributed by atoms with Crippen molar-refractivity contribution >= 4 is 23.2 Å². The summed E-state index contributed by atoms with van der Waals surface area (Å²) in [6.45, 7) is 0.977. The van der Waals surface area contributed by atoms with Gasteiger partial charge in [0.25, 0.3) is 5.91 Å². The van der Waals surface area contributed by atoms with Crippen LogP contribution in [0.25, 0.3) is 0 Å². The van der Waals surface area contributed by atoms with Gasteiger partial charge < -0.3 is 15.8 Å². The lowest BCUT2D eigenvalue weighted by molar-refractivity contribution is -0.140. The molecule has 0 aromatic carbocycles. The van der Waals surface area contributed by atoms with Crippen LogP contribution in [0.15, 0.2) is 5.38 Å². The Morgan fingerprint density at radius 2 is 2.10 bits per heavy atom. The Balaban J connectivity index is 2.06. The smallest absolute Gasteiger partial charge is 0.305 e. The number of carbonyl (C=O) groups is 2. The molecule has 0 atom stereocenters. The van der Waals surface area contributed by atoms with Crippen molar-refractivity contribution in [2.45, 2.75) is 38.6 Å². The average Bonchev–Trinajstić information content (AvgIpc) is 2.94. The molecule has 0 bridgehead atoms. The molecular weight excluding hydrogens is 278 g/mol. The summed E-state index contributed by atoms with van der Waals surface area (Å²) in [5, 5.41) is 5.30. The number of nitrogens with one attached hydrogen (secondary N) is 1. The Kier molecular flexibility index (Phi) is 7.82. The van der Waals surface area contributed by atoms with E-state index in [1.54, 1.807) is 5.38 Å². The van der Waals surface area contributed by atoms with E-state index in [-0.39, 0.29) is 11.9 Å². The molecule has 0 saturated heterocycles. The van der Waals surface area contributed by atoms with Crippen molar-refractivity contribution < 1.29 is 14.3 Å². The van der Waals surface area contributed by atoms with Crippen LogP contribution >= 0.6 is 11.3 Å². The van der Waals surface area contributed by atoms with Gasteiger partial charge in [0.1, 0.15) is 10.7 Å². The second kappa shape index (κ2) is 9.44. The summed E-state index contributed by atoms with van der Waals surface area (Å²) in [4.78, 5) is 26.7. The van der Waals surface area contributed by atoms with Gasteiger partial charge in [-0.05, 0) is 12.8 Å². The molecule has 0 radical (unpaired) electrons. The van der Waals surface area contributed by atoms with Crippen LogP contribution in [0.5, 0.6) is 0 Å². The Morgan fingerprint density at radius 3 is 2.75 bits per heavy atom. The number of thiazole rings is 1. The third-order valence-electron chi connectivity index (χ3n) is 2.78. The van der Waals surface area contributed by atoms with Crippen LogP contribution in [0.3, 0.4) is 0 Å². The number of unbranched alkanes of at least 4 members (excludes halogenated alkanes) is 3. The number of amides is 1. The van der Waals surface area contributed by atoms with Gasteiger partial charge >= 0.3 is 5.97 Å². The Labute approximate surface area is 122 Å². The van der Waals surface area contributed by atoms with Crippen molar-refractivity contribution in [2.24, 2.45) is 5.73 Å². The second-order valence-corrected chi connectivity index (χ2v) is 5.27. The molecule has 20 heavy (non-hydrogen) atoms. The fourth-order valence-electron chi connectivity index (χ4n) is 1.65. The van der Waals surface area contributed by atoms with Crippen molar-refractivity contribution in [1.82, 2.24) is 10.3 Å². The van der Waals surface area contributed by atoms with E-state index in [0.717, 1.165) is 30.7 Å². The SMILES string of the molecule is COC(=O)CCCCCCNC(=O)c1csc(CN)n1. The summed E-state index contributed by atoms with van der Waals surface area (Å²) in [6, 6.07) is 0. The molecule has 0 fully saturated rings. The number of nitrogens with zero attached hydrogens (tertiary/aromatic N) is 1. The van der Waals surface area contributed by atoms with Crippen LogP contribution in [0.4, 0.5) is 0 Å². The van der Waals surface area contributed by atoms with E-state index >= 15 is 0 Å². The summed E-state index contributed by atoms with van der Waals surface area (Å²) < 4.78 is 4.56. The molecule has 0 saturated carbocycles. The van der Waals surface area contributed by atoms with Crippen molar-refractivity contribution in [3.63, 3.8) is 0 Å². The van der Waals surface area contributed by atoms with Gasteiger partial charge in [-0.2, -0.15) is 0 Å². The summed E-state index contributed by atoms with van der Waals surface area (Å²) in [5.41, 5.74) is 5.88. The van der Waals surface area contributed by atoms with E-state index in [1.807, 2.05) is 0 Å². The first kappa shape index (κ1) is 16.6. The maximum Gasteiger partial charge on any atom is 0.305 e. The van der Waals surface area contributed by atoms with E-state index in [4.69, 9.17) is 5.73 Å². The standard InChI is InChI=1S/C13H21N3O3S/c1-19-12(17)6-4-2-3-5-7-15-13(18)10-9-20-11(8-14)16-10/h9H,2-8,14H2,1H3,(H,15,18). The lowest BCUT2D eigenvalue weighted by atomic mass is 10.1. The zero-order chi connectivity index (χ0) is 14.8. The van der Waals surface area contributed by atoms with Gasteiger partial charge in [0.15, 0.2) is 0 Å². The number of aromatic nitrogens is 1. The monoisotopic (exact) mass is 299 g/mol. The molecule has 1 aromatic rings. The van der Waals surface area contributed by atoms with Gasteiger partial charge in [-0.1, -0.05) is 12.8 Å². The highest BCUT2D eigenvalue weighted by molar-refractivity contribution is 7.09. The largest absolute Gasteiger partial charge is 0.469 e. The zero-order valence-corrected chi connectivity index (χ0v) is 12.5. The number of nitrogens with two attached hydrogens (primary N) is 1. The number of methoxy groups -OCH3 is 1. The van der Waals surface area contributed by atoms with Crippen LogP contribution in [0, 0.1) is 0 Å². The number of hydrogen-bond acceptors (Lipinski definition) is 6. The van der Waals surface area contributed by atoms with E-state index < -0.39 is 0 Å². The van der Waals surface area contributed by atoms with Gasteiger partial charge in [-0.3, -0.25) is 9.59 Å². The number of hydrogen-bond donors (Lipinski definition) is 2. The molecule has 0 aliphatic carbocycles. The van der Waals surface area contributed by atoms with Crippen LogP contribution in [-0.2, 0) is 16.1 Å². The molecule has 0 aliphatic heterocycles. The van der Waals surface area contributed by atoms with Gasteiger partial charge in [-0.15, -0.1) is 11.3 Å². The molecule has 1 rings (SSSR count). The molecule has 1 amide bonds. The highest BCUT2D eigenvalue weighted by Crippen LogP contribution is 2.08. The maximum atomic E-state index is 11.7. The Hall–Kier alpha value is -1.47. The predicted molar refractivity (Wildman–Crippen MR) is 77.4 cm³/mol. The molecule has 7 heteroatoms. The number of esters is 1. The van der Waals surface area contributed by atoms with Crippen molar-refractivity contribution in [3.8, 4) is 0 Å². The van der Waals surface area contributed by atoms with Crippen LogP contribution in [0.2, 0.25) is 0 Å². The number of rotatable bonds is 9. The number of ether oxygens (including phenoxy) is 1. The average molecular weight is 299 g/mol. The normalized spacial score (nSPS) is 10.3. The first-order valence-electron chi connectivity index (χ1n) is 6.67. The van der Waals surface area contributed by atoms with Gasteiger partial charge in [0.2, 0.25) is 0 Å². The number of carbonyl (C=O) groups excluding carboxylic acids is 2. The Bertz CT molecular complexity index is 434. The highest BCUT2D eigenvalue weighted by Gasteiger charge is 2.09. The molecule has 1 heterocycles. The zero-order valence-electron chi connectivity index (χ0n) is 11.7. The minimum atomic E-state index is -0.169. The van der Waals surface area contributed by atoms with E-state index in [0.29, 0.717) is 25.2 Å². The molecule has 0 unspecified atom stereocenters. The van der Waals surface area contributed by atoms with Gasteiger partial charge in [0, 0.05) is 24.9 Å². The first-order valence-corrected chi connectivity index (χ1v) is 7.54. The summed E-state index contributed by atoms with van der Waals surface area (Å²) in [6.07, 6.45) is 4.11. The predicted octanol–water partition coefficient (Wildman–Crippen LogP) is 1.46. The lowest BCUT2D eigenvalue weighted by Gasteiger charge is -2.03. The van der Waals surface area contributed by atoms with Crippen molar-refractivity contribution in [2.75, 3.05) is 13.7 Å². The fourth-order valence-corrected chi connectivity index (χ4v) is 2.31. The van der Waals surface area contributed by atoms with Crippen LogP contribution in [0.1, 0.15) is 47.6 Å². The molecule has 0 spiro atoms. The van der Waals surface area contributed by atoms with Gasteiger partial charge in [0.05, 0.1) is 7.11 Å². The summed E-state index contributed by atoms with van der Waals surface area (Å²) in [5.74, 6) is -0.326. The summed E-state index contributed by atoms with van der Waals surface area (Å²) in [7, 11) is 1.40. The quantitative estimate of drug-likeness (QED) is 0.531. The minimum absolute atomic E-state index is 0.157. The molecular formula is C13H21N3O3S. The van der Waals surface area contributed by atoms with E-state index in [2.05, 4.69) is 15.0 Å². The third kappa shape index (κ3) is 6.12. The van der Waals surface area contributed by atoms with E-state index in [9.17, 15) is 9.59 Å². The van der Waals surface area contributed by atoms with Crippen molar-refractivity contribution in [1.29, 1.82) is 0 Å². The minimum Gasteiger partial charge on any atom is -0.469 e. The molecule has 1 aromatic heterocycles. The molecule has 0 aliphatic rings. The lowest BCUT2D eigenvalue weighted by Crippen LogP contribution is -2.24. The highest BCUT2D eigenvalue weighted by atomic mass is 32.1. The first-order chi connectivity index (χ1) is 9.67. The Morgan fingerprint density at radius 1 is 1.35 bits per heavy atom. The summed E-state index contributed by atoms with van der Waals surface area (Å²) >= 11 is 1.39. The second-order valence-electron chi connectivity index (χ2n) is 4.33. The molecule has 112 valence electrons. The third-order valence-corrected chi connectivity index (χ3v) is 3.65. The topological polar surface area (TPSA) is 94.3 Å².